The smallest absolute Gasteiger partial charge is 0.407 e. The lowest BCUT2D eigenvalue weighted by Crippen LogP contribution is -2.40. The second-order valence-electron chi connectivity index (χ2n) is 7.46. The van der Waals surface area contributed by atoms with Gasteiger partial charge in [0.2, 0.25) is 0 Å². The molecular weight excluding hydrogens is 341 g/mol. The largest absolute Gasteiger partial charge is 0.444 e. The Morgan fingerprint density at radius 1 is 1.46 bits per heavy atom. The maximum Gasteiger partial charge on any atom is 0.407 e. The highest BCUT2D eigenvalue weighted by Gasteiger charge is 2.27. The number of alkyl carbamates (subject to hydrolysis) is 1. The molecule has 1 aromatic carbocycles. The fourth-order valence-electron chi connectivity index (χ4n) is 2.79. The number of ether oxygens (including phenoxy) is 1. The number of amides is 1. The number of hydrogen-bond donors (Lipinski definition) is 4. The molecule has 1 amide bonds. The van der Waals surface area contributed by atoms with Gasteiger partial charge in [0.1, 0.15) is 11.4 Å². The molecule has 1 heterocycles. The summed E-state index contributed by atoms with van der Waals surface area (Å²) in [5.74, 6) is -0.391. The van der Waals surface area contributed by atoms with E-state index in [-0.39, 0.29) is 19.2 Å². The van der Waals surface area contributed by atoms with E-state index >= 15 is 0 Å². The number of carbonyl (C=O) groups excluding carboxylic acids is 1. The topological polar surface area (TPSA) is 94.1 Å². The van der Waals surface area contributed by atoms with Gasteiger partial charge >= 0.3 is 6.09 Å². The van der Waals surface area contributed by atoms with Crippen molar-refractivity contribution >= 4 is 17.5 Å². The van der Waals surface area contributed by atoms with Crippen molar-refractivity contribution in [2.45, 2.75) is 44.9 Å². The van der Waals surface area contributed by atoms with Crippen LogP contribution in [-0.4, -0.2) is 60.3 Å². The molecule has 1 aromatic rings. The van der Waals surface area contributed by atoms with E-state index in [9.17, 15) is 14.3 Å². The Kier molecular flexibility index (Phi) is 6.66. The normalized spacial score (nSPS) is 18.5. The second-order valence-corrected chi connectivity index (χ2v) is 7.46. The average molecular weight is 369 g/mol. The fraction of sp³-hybridized carbons (Fsp3) is 0.611. The van der Waals surface area contributed by atoms with E-state index < -0.39 is 23.6 Å². The summed E-state index contributed by atoms with van der Waals surface area (Å²) >= 11 is 0. The number of rotatable bonds is 6. The minimum Gasteiger partial charge on any atom is -0.444 e. The molecule has 1 fully saturated rings. The highest BCUT2D eigenvalue weighted by Crippen LogP contribution is 2.30. The van der Waals surface area contributed by atoms with E-state index in [0.29, 0.717) is 18.8 Å². The zero-order valence-corrected chi connectivity index (χ0v) is 15.5. The predicted octanol–water partition coefficient (Wildman–Crippen LogP) is 1.69. The summed E-state index contributed by atoms with van der Waals surface area (Å²) in [6.45, 7) is 6.44. The minimum atomic E-state index is -0.925. The summed E-state index contributed by atoms with van der Waals surface area (Å²) < 4.78 is 18.9. The first kappa shape index (κ1) is 20.3. The maximum atomic E-state index is 13.6. The molecule has 0 aliphatic carbocycles. The third-order valence-corrected chi connectivity index (χ3v) is 3.95. The fourth-order valence-corrected chi connectivity index (χ4v) is 2.79. The van der Waals surface area contributed by atoms with Crippen LogP contribution in [0.2, 0.25) is 0 Å². The van der Waals surface area contributed by atoms with Gasteiger partial charge in [-0.05, 0) is 45.4 Å². The molecule has 0 saturated carbocycles. The number of aliphatic hydroxyl groups excluding tert-OH is 2. The Labute approximate surface area is 153 Å². The summed E-state index contributed by atoms with van der Waals surface area (Å²) in [6, 6.07) is 4.33. The van der Waals surface area contributed by atoms with E-state index in [0.717, 1.165) is 12.1 Å². The van der Waals surface area contributed by atoms with Crippen LogP contribution in [0.5, 0.6) is 0 Å². The van der Waals surface area contributed by atoms with Crippen LogP contribution < -0.4 is 15.5 Å². The summed E-state index contributed by atoms with van der Waals surface area (Å²) in [7, 11) is 0. The van der Waals surface area contributed by atoms with Crippen LogP contribution in [0.1, 0.15) is 27.2 Å². The molecule has 2 unspecified atom stereocenters. The van der Waals surface area contributed by atoms with Gasteiger partial charge in [-0.15, -0.1) is 0 Å². The van der Waals surface area contributed by atoms with Gasteiger partial charge in [0.15, 0.2) is 0 Å². The summed E-state index contributed by atoms with van der Waals surface area (Å²) in [5, 5.41) is 24.2. The maximum absolute atomic E-state index is 13.6. The van der Waals surface area contributed by atoms with Crippen molar-refractivity contribution in [3.63, 3.8) is 0 Å². The molecule has 146 valence electrons. The summed E-state index contributed by atoms with van der Waals surface area (Å²) in [6.07, 6.45) is -0.630. The molecule has 1 aliphatic heterocycles. The third-order valence-electron chi connectivity index (χ3n) is 3.95. The molecule has 26 heavy (non-hydrogen) atoms. The van der Waals surface area contributed by atoms with Crippen molar-refractivity contribution in [2.75, 3.05) is 36.5 Å². The van der Waals surface area contributed by atoms with Crippen molar-refractivity contribution in [1.29, 1.82) is 0 Å². The van der Waals surface area contributed by atoms with E-state index in [1.54, 1.807) is 6.07 Å². The number of carbonyl (C=O) groups is 1. The Morgan fingerprint density at radius 3 is 2.85 bits per heavy atom. The summed E-state index contributed by atoms with van der Waals surface area (Å²) in [5.41, 5.74) is 0.768. The lowest BCUT2D eigenvalue weighted by Gasteiger charge is -2.24. The van der Waals surface area contributed by atoms with Crippen LogP contribution in [0.3, 0.4) is 0 Å². The van der Waals surface area contributed by atoms with Crippen LogP contribution >= 0.6 is 0 Å². The number of nitrogens with zero attached hydrogens (tertiary/aromatic N) is 1. The molecule has 0 bridgehead atoms. The number of aliphatic hydroxyl groups is 2. The van der Waals surface area contributed by atoms with Gasteiger partial charge in [-0.25, -0.2) is 9.18 Å². The molecule has 1 saturated heterocycles. The first-order chi connectivity index (χ1) is 12.2. The zero-order chi connectivity index (χ0) is 19.3. The van der Waals surface area contributed by atoms with Crippen LogP contribution in [-0.2, 0) is 4.74 Å². The van der Waals surface area contributed by atoms with Crippen molar-refractivity contribution in [3.05, 3.63) is 24.0 Å². The second kappa shape index (κ2) is 8.55. The number of nitrogens with one attached hydrogen (secondary N) is 2. The highest BCUT2D eigenvalue weighted by atomic mass is 19.1. The number of benzene rings is 1. The van der Waals surface area contributed by atoms with Crippen LogP contribution in [0.4, 0.5) is 20.6 Å². The Bertz CT molecular complexity index is 621. The Morgan fingerprint density at radius 2 is 2.19 bits per heavy atom. The Hall–Kier alpha value is -2.06. The standard InChI is InChI=1S/C18H28FN3O4/c1-18(2,3)26-17(25)21-13-6-7-22(10-13)16-5-4-12(19)8-15(16)20-9-14(24)11-23/h4-5,8,13-14,20,23-24H,6-7,9-11H2,1-3H3,(H,21,25). The van der Waals surface area contributed by atoms with Crippen molar-refractivity contribution in [1.82, 2.24) is 5.32 Å². The van der Waals surface area contributed by atoms with Crippen LogP contribution in [0.25, 0.3) is 0 Å². The van der Waals surface area contributed by atoms with E-state index in [1.807, 2.05) is 25.7 Å². The quantitative estimate of drug-likeness (QED) is 0.610. The van der Waals surface area contributed by atoms with E-state index in [2.05, 4.69) is 10.6 Å². The molecule has 4 N–H and O–H groups in total. The average Bonchev–Trinajstić information content (AvgIpc) is 2.98. The van der Waals surface area contributed by atoms with E-state index in [4.69, 9.17) is 9.84 Å². The lowest BCUT2D eigenvalue weighted by molar-refractivity contribution is 0.0509. The van der Waals surface area contributed by atoms with Gasteiger partial charge in [-0.2, -0.15) is 0 Å². The molecule has 0 aromatic heterocycles. The molecule has 1 aliphatic rings. The molecule has 0 spiro atoms. The molecule has 0 radical (unpaired) electrons. The first-order valence-corrected chi connectivity index (χ1v) is 8.75. The van der Waals surface area contributed by atoms with Gasteiger partial charge in [-0.3, -0.25) is 0 Å². The van der Waals surface area contributed by atoms with Gasteiger partial charge in [0.25, 0.3) is 0 Å². The highest BCUT2D eigenvalue weighted by molar-refractivity contribution is 5.72. The SMILES string of the molecule is CC(C)(C)OC(=O)NC1CCN(c2ccc(F)cc2NCC(O)CO)C1. The monoisotopic (exact) mass is 369 g/mol. The molecule has 7 nitrogen and oxygen atoms in total. The van der Waals surface area contributed by atoms with E-state index in [1.165, 1.54) is 12.1 Å². The molecule has 8 heteroatoms. The van der Waals surface area contributed by atoms with Gasteiger partial charge in [0, 0.05) is 19.6 Å². The molecule has 2 rings (SSSR count). The van der Waals surface area contributed by atoms with Gasteiger partial charge in [-0.1, -0.05) is 0 Å². The zero-order valence-electron chi connectivity index (χ0n) is 15.5. The van der Waals surface area contributed by atoms with Crippen LogP contribution in [0, 0.1) is 5.82 Å². The van der Waals surface area contributed by atoms with Gasteiger partial charge < -0.3 is 30.5 Å². The van der Waals surface area contributed by atoms with Crippen molar-refractivity contribution in [2.24, 2.45) is 0 Å². The molecular formula is C18H28FN3O4. The number of halogens is 1. The van der Waals surface area contributed by atoms with Crippen molar-refractivity contribution < 1.29 is 24.1 Å². The summed E-state index contributed by atoms with van der Waals surface area (Å²) in [4.78, 5) is 14.0. The van der Waals surface area contributed by atoms with Crippen LogP contribution in [0.15, 0.2) is 18.2 Å². The predicted molar refractivity (Wildman–Crippen MR) is 98.0 cm³/mol. The minimum absolute atomic E-state index is 0.0641. The van der Waals surface area contributed by atoms with Crippen molar-refractivity contribution in [3.8, 4) is 0 Å². The first-order valence-electron chi connectivity index (χ1n) is 8.75. The third kappa shape index (κ3) is 6.03. The Balaban J connectivity index is 2.00. The number of hydrogen-bond acceptors (Lipinski definition) is 6. The molecule has 2 atom stereocenters. The van der Waals surface area contributed by atoms with Gasteiger partial charge in [0.05, 0.1) is 30.1 Å². The number of anilines is 2. The lowest BCUT2D eigenvalue weighted by atomic mass is 10.2.